The minimum atomic E-state index is -0.167. The van der Waals surface area contributed by atoms with Gasteiger partial charge >= 0.3 is 0 Å². The Labute approximate surface area is 124 Å². The van der Waals surface area contributed by atoms with Gasteiger partial charge in [-0.2, -0.15) is 5.10 Å². The third-order valence-electron chi connectivity index (χ3n) is 3.33. The van der Waals surface area contributed by atoms with Gasteiger partial charge in [0.25, 0.3) is 5.91 Å². The SMILES string of the molecule is CCCc1[nH]nc(C(=O)N(CC)Cc2ccccn2)c1N. The van der Waals surface area contributed by atoms with Crippen LogP contribution in [0.1, 0.15) is 42.1 Å². The van der Waals surface area contributed by atoms with Crippen LogP contribution in [0.3, 0.4) is 0 Å². The molecule has 1 amide bonds. The molecule has 0 radical (unpaired) electrons. The van der Waals surface area contributed by atoms with E-state index in [4.69, 9.17) is 5.73 Å². The van der Waals surface area contributed by atoms with Gasteiger partial charge in [0.2, 0.25) is 0 Å². The molecule has 112 valence electrons. The van der Waals surface area contributed by atoms with Crippen LogP contribution in [-0.2, 0) is 13.0 Å². The third kappa shape index (κ3) is 3.39. The van der Waals surface area contributed by atoms with Crippen LogP contribution in [0.15, 0.2) is 24.4 Å². The van der Waals surface area contributed by atoms with E-state index in [-0.39, 0.29) is 5.91 Å². The molecule has 0 aliphatic rings. The maximum Gasteiger partial charge on any atom is 0.276 e. The molecule has 0 spiro atoms. The zero-order chi connectivity index (χ0) is 15.2. The molecule has 0 bridgehead atoms. The molecule has 0 saturated heterocycles. The lowest BCUT2D eigenvalue weighted by molar-refractivity contribution is 0.0745. The second kappa shape index (κ2) is 6.88. The molecule has 0 fully saturated rings. The topological polar surface area (TPSA) is 87.9 Å². The zero-order valence-corrected chi connectivity index (χ0v) is 12.5. The molecule has 21 heavy (non-hydrogen) atoms. The average Bonchev–Trinajstić information content (AvgIpc) is 2.87. The lowest BCUT2D eigenvalue weighted by Crippen LogP contribution is -2.31. The quantitative estimate of drug-likeness (QED) is 0.850. The summed E-state index contributed by atoms with van der Waals surface area (Å²) in [5.74, 6) is -0.167. The average molecular weight is 287 g/mol. The molecule has 0 aromatic carbocycles. The summed E-state index contributed by atoms with van der Waals surface area (Å²) in [5.41, 5.74) is 8.45. The number of nitrogens with one attached hydrogen (secondary N) is 1. The molecule has 2 heterocycles. The molecule has 0 aliphatic carbocycles. The lowest BCUT2D eigenvalue weighted by Gasteiger charge is -2.19. The maximum atomic E-state index is 12.6. The van der Waals surface area contributed by atoms with E-state index in [0.29, 0.717) is 24.5 Å². The number of nitrogens with two attached hydrogens (primary N) is 1. The van der Waals surface area contributed by atoms with Crippen LogP contribution in [0, 0.1) is 0 Å². The van der Waals surface area contributed by atoms with Gasteiger partial charge in [-0.05, 0) is 25.5 Å². The van der Waals surface area contributed by atoms with Crippen LogP contribution in [0.5, 0.6) is 0 Å². The highest BCUT2D eigenvalue weighted by Crippen LogP contribution is 2.18. The van der Waals surface area contributed by atoms with Crippen molar-refractivity contribution in [3.05, 3.63) is 41.5 Å². The Hall–Kier alpha value is -2.37. The van der Waals surface area contributed by atoms with Crippen molar-refractivity contribution in [3.63, 3.8) is 0 Å². The highest BCUT2D eigenvalue weighted by atomic mass is 16.2. The van der Waals surface area contributed by atoms with E-state index in [2.05, 4.69) is 22.1 Å². The largest absolute Gasteiger partial charge is 0.395 e. The summed E-state index contributed by atoms with van der Waals surface area (Å²) < 4.78 is 0. The Kier molecular flexibility index (Phi) is 4.92. The van der Waals surface area contributed by atoms with Crippen LogP contribution >= 0.6 is 0 Å². The van der Waals surface area contributed by atoms with E-state index in [1.165, 1.54) is 0 Å². The Balaban J connectivity index is 2.16. The smallest absolute Gasteiger partial charge is 0.276 e. The van der Waals surface area contributed by atoms with Crippen LogP contribution in [0.4, 0.5) is 5.69 Å². The number of aryl methyl sites for hydroxylation is 1. The summed E-state index contributed by atoms with van der Waals surface area (Å²) in [6.07, 6.45) is 3.46. The number of hydrogen-bond acceptors (Lipinski definition) is 4. The van der Waals surface area contributed by atoms with Crippen molar-refractivity contribution < 1.29 is 4.79 Å². The number of carbonyl (C=O) groups is 1. The van der Waals surface area contributed by atoms with Crippen molar-refractivity contribution in [1.82, 2.24) is 20.1 Å². The molecule has 6 heteroatoms. The van der Waals surface area contributed by atoms with Gasteiger partial charge in [-0.1, -0.05) is 19.4 Å². The molecule has 0 atom stereocenters. The van der Waals surface area contributed by atoms with Crippen LogP contribution in [0.25, 0.3) is 0 Å². The minimum absolute atomic E-state index is 0.167. The molecule has 6 nitrogen and oxygen atoms in total. The van der Waals surface area contributed by atoms with Crippen molar-refractivity contribution in [2.75, 3.05) is 12.3 Å². The van der Waals surface area contributed by atoms with Gasteiger partial charge in [0.1, 0.15) is 0 Å². The second-order valence-corrected chi connectivity index (χ2v) is 4.85. The highest BCUT2D eigenvalue weighted by Gasteiger charge is 2.22. The molecule has 2 aromatic rings. The monoisotopic (exact) mass is 287 g/mol. The van der Waals surface area contributed by atoms with Crippen LogP contribution < -0.4 is 5.73 Å². The fourth-order valence-corrected chi connectivity index (χ4v) is 2.15. The Bertz CT molecular complexity index is 593. The Morgan fingerprint density at radius 2 is 2.19 bits per heavy atom. The second-order valence-electron chi connectivity index (χ2n) is 4.85. The molecule has 0 saturated carbocycles. The maximum absolute atomic E-state index is 12.6. The number of amides is 1. The fourth-order valence-electron chi connectivity index (χ4n) is 2.15. The number of pyridine rings is 1. The third-order valence-corrected chi connectivity index (χ3v) is 3.33. The predicted octanol–water partition coefficient (Wildman–Crippen LogP) is 2.00. The van der Waals surface area contributed by atoms with Crippen molar-refractivity contribution in [2.24, 2.45) is 0 Å². The molecule has 0 unspecified atom stereocenters. The molecule has 2 rings (SSSR count). The first-order chi connectivity index (χ1) is 10.2. The Morgan fingerprint density at radius 1 is 1.38 bits per heavy atom. The normalized spacial score (nSPS) is 10.6. The summed E-state index contributed by atoms with van der Waals surface area (Å²) in [7, 11) is 0. The van der Waals surface area contributed by atoms with Crippen LogP contribution in [0.2, 0.25) is 0 Å². The first kappa shape index (κ1) is 15.0. The van der Waals surface area contributed by atoms with Crippen molar-refractivity contribution in [1.29, 1.82) is 0 Å². The first-order valence-electron chi connectivity index (χ1n) is 7.19. The van der Waals surface area contributed by atoms with Gasteiger partial charge in [-0.25, -0.2) is 0 Å². The number of carbonyl (C=O) groups excluding carboxylic acids is 1. The molecular formula is C15H21N5O. The molecule has 2 aromatic heterocycles. The highest BCUT2D eigenvalue weighted by molar-refractivity contribution is 5.97. The lowest BCUT2D eigenvalue weighted by atomic mass is 10.2. The van der Waals surface area contributed by atoms with Crippen molar-refractivity contribution >= 4 is 11.6 Å². The Morgan fingerprint density at radius 3 is 2.81 bits per heavy atom. The van der Waals surface area contributed by atoms with Crippen molar-refractivity contribution in [3.8, 4) is 0 Å². The van der Waals surface area contributed by atoms with Crippen LogP contribution in [-0.4, -0.2) is 32.5 Å². The molecule has 0 aliphatic heterocycles. The van der Waals surface area contributed by atoms with E-state index in [1.807, 2.05) is 25.1 Å². The van der Waals surface area contributed by atoms with Gasteiger partial charge in [0, 0.05) is 12.7 Å². The van der Waals surface area contributed by atoms with Gasteiger partial charge in [0.05, 0.1) is 23.6 Å². The van der Waals surface area contributed by atoms with E-state index in [9.17, 15) is 4.79 Å². The number of rotatable bonds is 6. The summed E-state index contributed by atoms with van der Waals surface area (Å²) in [5, 5.41) is 6.94. The molecular weight excluding hydrogens is 266 g/mol. The zero-order valence-electron chi connectivity index (χ0n) is 12.5. The summed E-state index contributed by atoms with van der Waals surface area (Å²) in [6, 6.07) is 5.65. The van der Waals surface area contributed by atoms with Crippen molar-refractivity contribution in [2.45, 2.75) is 33.2 Å². The number of hydrogen-bond donors (Lipinski definition) is 2. The van der Waals surface area contributed by atoms with Gasteiger partial charge in [0.15, 0.2) is 5.69 Å². The summed E-state index contributed by atoms with van der Waals surface area (Å²) in [4.78, 5) is 18.5. The van der Waals surface area contributed by atoms with E-state index >= 15 is 0 Å². The van der Waals surface area contributed by atoms with Gasteiger partial charge < -0.3 is 10.6 Å². The van der Waals surface area contributed by atoms with Gasteiger partial charge in [-0.15, -0.1) is 0 Å². The minimum Gasteiger partial charge on any atom is -0.395 e. The van der Waals surface area contributed by atoms with Gasteiger partial charge in [-0.3, -0.25) is 14.9 Å². The number of H-pyrrole nitrogens is 1. The fraction of sp³-hybridized carbons (Fsp3) is 0.400. The first-order valence-corrected chi connectivity index (χ1v) is 7.19. The predicted molar refractivity (Wildman–Crippen MR) is 81.6 cm³/mol. The molecule has 3 N–H and O–H groups in total. The standard InChI is InChI=1S/C15H21N5O/c1-3-7-12-13(16)14(19-18-12)15(21)20(4-2)10-11-8-5-6-9-17-11/h5-6,8-9H,3-4,7,10,16H2,1-2H3,(H,18,19). The van der Waals surface area contributed by atoms with E-state index < -0.39 is 0 Å². The number of nitrogens with zero attached hydrogens (tertiary/aromatic N) is 3. The number of aromatic nitrogens is 3. The number of nitrogen functional groups attached to an aromatic ring is 1. The summed E-state index contributed by atoms with van der Waals surface area (Å²) in [6.45, 7) is 5.01. The number of anilines is 1. The van der Waals surface area contributed by atoms with E-state index in [0.717, 1.165) is 24.2 Å². The number of aromatic amines is 1. The summed E-state index contributed by atoms with van der Waals surface area (Å²) >= 11 is 0. The van der Waals surface area contributed by atoms with E-state index in [1.54, 1.807) is 11.1 Å².